The van der Waals surface area contributed by atoms with E-state index >= 15 is 0 Å². The summed E-state index contributed by atoms with van der Waals surface area (Å²) in [7, 11) is -3.39. The van der Waals surface area contributed by atoms with Gasteiger partial charge in [0.1, 0.15) is 0 Å². The minimum atomic E-state index is -3.39. The Morgan fingerprint density at radius 3 is 2.05 bits per heavy atom. The van der Waals surface area contributed by atoms with Crippen molar-refractivity contribution in [2.75, 3.05) is 13.2 Å². The van der Waals surface area contributed by atoms with Gasteiger partial charge in [-0.15, -0.1) is 0 Å². The minimum absolute atomic E-state index is 0.0299. The second-order valence-electron chi connectivity index (χ2n) is 6.18. The summed E-state index contributed by atoms with van der Waals surface area (Å²) < 4.78 is 28.8. The van der Waals surface area contributed by atoms with E-state index in [1.54, 1.807) is 13.8 Å². The smallest absolute Gasteiger partial charge is 0.287 e. The molecule has 0 bridgehead atoms. The van der Waals surface area contributed by atoms with Crippen LogP contribution in [-0.4, -0.2) is 19.3 Å². The normalized spacial score (nSPS) is 25.5. The molecule has 0 heterocycles. The summed E-state index contributed by atoms with van der Waals surface area (Å²) >= 11 is 0. The molecular formula is C14H29O4P. The van der Waals surface area contributed by atoms with Gasteiger partial charge < -0.3 is 0 Å². The first-order valence-electron chi connectivity index (χ1n) is 7.40. The van der Waals surface area contributed by atoms with Crippen molar-refractivity contribution >= 4 is 7.82 Å². The van der Waals surface area contributed by atoms with Gasteiger partial charge in [-0.25, -0.2) is 4.57 Å². The van der Waals surface area contributed by atoms with E-state index in [9.17, 15) is 4.57 Å². The topological polar surface area (TPSA) is 44.8 Å². The fourth-order valence-corrected chi connectivity index (χ4v) is 4.21. The van der Waals surface area contributed by atoms with Gasteiger partial charge >= 0.3 is 7.82 Å². The van der Waals surface area contributed by atoms with Crippen molar-refractivity contribution in [3.63, 3.8) is 0 Å². The zero-order valence-corrected chi connectivity index (χ0v) is 13.9. The summed E-state index contributed by atoms with van der Waals surface area (Å²) in [5.41, 5.74) is 0.147. The molecule has 0 aliphatic heterocycles. The van der Waals surface area contributed by atoms with Crippen LogP contribution in [-0.2, 0) is 18.1 Å². The maximum absolute atomic E-state index is 12.5. The average molecular weight is 292 g/mol. The zero-order chi connectivity index (χ0) is 14.5. The Labute approximate surface area is 117 Å². The number of hydrogen-bond donors (Lipinski definition) is 0. The van der Waals surface area contributed by atoms with E-state index in [2.05, 4.69) is 20.8 Å². The standard InChI is InChI=1S/C14H29O4P/c1-6-16-19(15,17-7-2)18-13-11-9-8-10-12(13)14(3,4)5/h12-13H,6-11H2,1-5H3. The predicted octanol–water partition coefficient (Wildman–Crippen LogP) is 4.79. The van der Waals surface area contributed by atoms with Crippen molar-refractivity contribution in [3.05, 3.63) is 0 Å². The van der Waals surface area contributed by atoms with E-state index in [1.165, 1.54) is 6.42 Å². The van der Waals surface area contributed by atoms with E-state index in [-0.39, 0.29) is 11.5 Å². The van der Waals surface area contributed by atoms with Gasteiger partial charge in [0.05, 0.1) is 19.3 Å². The Morgan fingerprint density at radius 2 is 1.58 bits per heavy atom. The molecule has 2 unspecified atom stereocenters. The Morgan fingerprint density at radius 1 is 1.05 bits per heavy atom. The third kappa shape index (κ3) is 5.18. The van der Waals surface area contributed by atoms with Gasteiger partial charge in [0, 0.05) is 0 Å². The first-order chi connectivity index (χ1) is 8.82. The second-order valence-corrected chi connectivity index (χ2v) is 7.81. The van der Waals surface area contributed by atoms with Crippen LogP contribution < -0.4 is 0 Å². The van der Waals surface area contributed by atoms with Gasteiger partial charge in [0.2, 0.25) is 0 Å². The van der Waals surface area contributed by atoms with E-state index in [0.717, 1.165) is 19.3 Å². The molecule has 114 valence electrons. The summed E-state index contributed by atoms with van der Waals surface area (Å²) in [6.45, 7) is 10.9. The number of phosphoric ester groups is 1. The lowest BCUT2D eigenvalue weighted by Crippen LogP contribution is -2.36. The fraction of sp³-hybridized carbons (Fsp3) is 1.00. The Hall–Kier alpha value is 0.110. The summed E-state index contributed by atoms with van der Waals surface area (Å²) in [6, 6.07) is 0. The van der Waals surface area contributed by atoms with Crippen LogP contribution in [0, 0.1) is 11.3 Å². The summed E-state index contributed by atoms with van der Waals surface area (Å²) in [5.74, 6) is 0.399. The number of phosphoric acid groups is 1. The lowest BCUT2D eigenvalue weighted by atomic mass is 9.71. The van der Waals surface area contributed by atoms with Gasteiger partial charge in [-0.3, -0.25) is 13.6 Å². The molecule has 19 heavy (non-hydrogen) atoms. The van der Waals surface area contributed by atoms with Gasteiger partial charge in [0.25, 0.3) is 0 Å². The van der Waals surface area contributed by atoms with Crippen LogP contribution in [0.25, 0.3) is 0 Å². The van der Waals surface area contributed by atoms with Crippen LogP contribution in [0.2, 0.25) is 0 Å². The van der Waals surface area contributed by atoms with E-state index in [4.69, 9.17) is 13.6 Å². The molecule has 0 N–H and O–H groups in total. The van der Waals surface area contributed by atoms with Crippen LogP contribution in [0.4, 0.5) is 0 Å². The molecule has 0 saturated heterocycles. The molecule has 1 rings (SSSR count). The first kappa shape index (κ1) is 17.2. The predicted molar refractivity (Wildman–Crippen MR) is 77.1 cm³/mol. The quantitative estimate of drug-likeness (QED) is 0.660. The molecular weight excluding hydrogens is 263 g/mol. The molecule has 1 fully saturated rings. The molecule has 0 aromatic heterocycles. The molecule has 0 amide bonds. The van der Waals surface area contributed by atoms with E-state index in [0.29, 0.717) is 19.1 Å². The molecule has 4 nitrogen and oxygen atoms in total. The molecule has 2 atom stereocenters. The minimum Gasteiger partial charge on any atom is -0.287 e. The van der Waals surface area contributed by atoms with Crippen molar-refractivity contribution in [2.24, 2.45) is 11.3 Å². The van der Waals surface area contributed by atoms with Gasteiger partial charge in [-0.2, -0.15) is 0 Å². The fourth-order valence-electron chi connectivity index (χ4n) is 2.79. The van der Waals surface area contributed by atoms with Crippen LogP contribution in [0.3, 0.4) is 0 Å². The van der Waals surface area contributed by atoms with E-state index < -0.39 is 7.82 Å². The Kier molecular flexibility index (Phi) is 6.52. The van der Waals surface area contributed by atoms with Crippen molar-refractivity contribution in [2.45, 2.75) is 66.4 Å². The lowest BCUT2D eigenvalue weighted by Gasteiger charge is -2.40. The lowest BCUT2D eigenvalue weighted by molar-refractivity contribution is -0.00451. The van der Waals surface area contributed by atoms with Crippen molar-refractivity contribution in [3.8, 4) is 0 Å². The third-order valence-electron chi connectivity index (χ3n) is 3.65. The van der Waals surface area contributed by atoms with Crippen LogP contribution in [0.5, 0.6) is 0 Å². The molecule has 0 radical (unpaired) electrons. The molecule has 1 aliphatic carbocycles. The van der Waals surface area contributed by atoms with Crippen molar-refractivity contribution < 1.29 is 18.1 Å². The number of hydrogen-bond acceptors (Lipinski definition) is 4. The van der Waals surface area contributed by atoms with Gasteiger partial charge in [-0.05, 0) is 38.0 Å². The Balaban J connectivity index is 2.77. The maximum atomic E-state index is 12.5. The molecule has 0 spiro atoms. The first-order valence-corrected chi connectivity index (χ1v) is 8.86. The highest BCUT2D eigenvalue weighted by molar-refractivity contribution is 7.48. The summed E-state index contributed by atoms with van der Waals surface area (Å²) in [4.78, 5) is 0. The Bertz CT molecular complexity index is 301. The van der Waals surface area contributed by atoms with Crippen molar-refractivity contribution in [1.29, 1.82) is 0 Å². The highest BCUT2D eigenvalue weighted by Crippen LogP contribution is 2.54. The largest absolute Gasteiger partial charge is 0.475 e. The molecule has 0 aromatic carbocycles. The van der Waals surface area contributed by atoms with E-state index in [1.807, 2.05) is 0 Å². The second kappa shape index (κ2) is 7.21. The number of rotatable bonds is 6. The SMILES string of the molecule is CCOP(=O)(OCC)OC1CCCCC1C(C)(C)C. The third-order valence-corrected chi connectivity index (χ3v) is 5.33. The van der Waals surface area contributed by atoms with Crippen LogP contribution >= 0.6 is 7.82 Å². The average Bonchev–Trinajstić information content (AvgIpc) is 2.28. The molecule has 1 aliphatic rings. The maximum Gasteiger partial charge on any atom is 0.475 e. The summed E-state index contributed by atoms with van der Waals surface area (Å²) in [5, 5.41) is 0. The zero-order valence-electron chi connectivity index (χ0n) is 13.0. The van der Waals surface area contributed by atoms with Crippen LogP contribution in [0.1, 0.15) is 60.3 Å². The molecule has 0 aromatic rings. The van der Waals surface area contributed by atoms with Crippen LogP contribution in [0.15, 0.2) is 0 Å². The van der Waals surface area contributed by atoms with Gasteiger partial charge in [-0.1, -0.05) is 33.6 Å². The summed E-state index contributed by atoms with van der Waals surface area (Å²) in [6.07, 6.45) is 4.36. The molecule has 5 heteroatoms. The molecule has 1 saturated carbocycles. The monoisotopic (exact) mass is 292 g/mol. The van der Waals surface area contributed by atoms with Crippen molar-refractivity contribution in [1.82, 2.24) is 0 Å². The highest BCUT2D eigenvalue weighted by Gasteiger charge is 2.40. The highest BCUT2D eigenvalue weighted by atomic mass is 31.2. The van der Waals surface area contributed by atoms with Gasteiger partial charge in [0.15, 0.2) is 0 Å².